The van der Waals surface area contributed by atoms with Gasteiger partial charge in [-0.15, -0.1) is 0 Å². The molecule has 134 valence electrons. The number of anilines is 1. The van der Waals surface area contributed by atoms with Crippen molar-refractivity contribution in [1.82, 2.24) is 18.6 Å². The number of morpholine rings is 2. The fourth-order valence-corrected chi connectivity index (χ4v) is 4.55. The van der Waals surface area contributed by atoms with Crippen LogP contribution in [0.15, 0.2) is 6.07 Å². The van der Waals surface area contributed by atoms with Gasteiger partial charge in [-0.2, -0.15) is 17.0 Å². The largest absolute Gasteiger partial charge is 0.379 e. The Hall–Kier alpha value is -1.33. The number of aromatic nitrogens is 2. The van der Waals surface area contributed by atoms with Gasteiger partial charge in [0.15, 0.2) is 5.82 Å². The van der Waals surface area contributed by atoms with Crippen molar-refractivity contribution in [1.29, 1.82) is 0 Å². The van der Waals surface area contributed by atoms with E-state index in [0.717, 1.165) is 5.69 Å². The topological polar surface area (TPSA) is 96.9 Å². The Morgan fingerprint density at radius 1 is 1.17 bits per heavy atom. The molecule has 0 saturated carbocycles. The van der Waals surface area contributed by atoms with E-state index in [9.17, 15) is 8.42 Å². The van der Waals surface area contributed by atoms with Gasteiger partial charge < -0.3 is 14.8 Å². The number of aryl methyl sites for hydroxylation is 1. The molecule has 0 aromatic carbocycles. The Labute approximate surface area is 142 Å². The molecule has 2 aliphatic heterocycles. The summed E-state index contributed by atoms with van der Waals surface area (Å²) in [4.78, 5) is 8.87. The van der Waals surface area contributed by atoms with Crippen LogP contribution in [0.1, 0.15) is 17.6 Å². The van der Waals surface area contributed by atoms with Gasteiger partial charge in [0, 0.05) is 38.4 Å². The monoisotopic (exact) mass is 357 g/mol. The molecule has 1 aromatic rings. The highest BCUT2D eigenvalue weighted by Gasteiger charge is 2.39. The standard InChI is InChI=1S/C14H23N5O4S/c1-11-9-13(15-2)17-14(16-11)12-10-23-8-5-19(12)24(20,21)18-3-6-22-7-4-18/h9,12H,3-8,10H2,1-2H3,(H,15,16,17)/t12-/m0/s1. The van der Waals surface area contributed by atoms with Crippen molar-refractivity contribution in [3.8, 4) is 0 Å². The molecule has 3 heterocycles. The molecule has 0 aliphatic carbocycles. The molecule has 0 bridgehead atoms. The third-order valence-electron chi connectivity index (χ3n) is 4.10. The highest BCUT2D eigenvalue weighted by molar-refractivity contribution is 7.86. The molecule has 1 atom stereocenters. The lowest BCUT2D eigenvalue weighted by molar-refractivity contribution is 0.0210. The summed E-state index contributed by atoms with van der Waals surface area (Å²) in [5.41, 5.74) is 0.777. The highest BCUT2D eigenvalue weighted by Crippen LogP contribution is 2.27. The molecule has 1 N–H and O–H groups in total. The van der Waals surface area contributed by atoms with Gasteiger partial charge in [0.1, 0.15) is 11.9 Å². The lowest BCUT2D eigenvalue weighted by Crippen LogP contribution is -2.53. The second-order valence-electron chi connectivity index (χ2n) is 5.72. The zero-order valence-corrected chi connectivity index (χ0v) is 14.8. The van der Waals surface area contributed by atoms with E-state index >= 15 is 0 Å². The van der Waals surface area contributed by atoms with Gasteiger partial charge in [0.2, 0.25) is 0 Å². The van der Waals surface area contributed by atoms with Gasteiger partial charge in [-0.1, -0.05) is 0 Å². The average molecular weight is 357 g/mol. The second kappa shape index (κ2) is 7.28. The van der Waals surface area contributed by atoms with Gasteiger partial charge in [0.05, 0.1) is 26.4 Å². The van der Waals surface area contributed by atoms with E-state index < -0.39 is 16.3 Å². The van der Waals surface area contributed by atoms with E-state index in [2.05, 4.69) is 15.3 Å². The summed E-state index contributed by atoms with van der Waals surface area (Å²) in [5.74, 6) is 1.11. The first kappa shape index (κ1) is 17.5. The minimum atomic E-state index is -3.61. The van der Waals surface area contributed by atoms with E-state index in [4.69, 9.17) is 9.47 Å². The first-order valence-electron chi connectivity index (χ1n) is 7.98. The number of hydrogen-bond acceptors (Lipinski definition) is 7. The average Bonchev–Trinajstić information content (AvgIpc) is 2.62. The van der Waals surface area contributed by atoms with Crippen LogP contribution in [0.4, 0.5) is 5.82 Å². The maximum Gasteiger partial charge on any atom is 0.282 e. The maximum absolute atomic E-state index is 13.0. The predicted octanol–water partition coefficient (Wildman–Crippen LogP) is -0.223. The van der Waals surface area contributed by atoms with Gasteiger partial charge in [-0.25, -0.2) is 9.97 Å². The predicted molar refractivity (Wildman–Crippen MR) is 87.9 cm³/mol. The zero-order chi connectivity index (χ0) is 17.2. The normalized spacial score (nSPS) is 24.0. The van der Waals surface area contributed by atoms with Crippen molar-refractivity contribution < 1.29 is 17.9 Å². The molecule has 24 heavy (non-hydrogen) atoms. The summed E-state index contributed by atoms with van der Waals surface area (Å²) in [6.07, 6.45) is 0. The number of hydrogen-bond donors (Lipinski definition) is 1. The smallest absolute Gasteiger partial charge is 0.282 e. The molecule has 9 nitrogen and oxygen atoms in total. The van der Waals surface area contributed by atoms with E-state index in [0.29, 0.717) is 44.6 Å². The Balaban J connectivity index is 1.92. The minimum absolute atomic E-state index is 0.246. The molecular weight excluding hydrogens is 334 g/mol. The van der Waals surface area contributed by atoms with Crippen LogP contribution in [0, 0.1) is 6.92 Å². The first-order chi connectivity index (χ1) is 11.5. The molecule has 2 fully saturated rings. The molecule has 10 heteroatoms. The molecule has 3 rings (SSSR count). The van der Waals surface area contributed by atoms with Crippen molar-refractivity contribution >= 4 is 16.0 Å². The molecule has 0 amide bonds. The SMILES string of the molecule is CNc1cc(C)nc([C@@H]2COCCN2S(=O)(=O)N2CCOCC2)n1. The van der Waals surface area contributed by atoms with Crippen LogP contribution in [-0.2, 0) is 19.7 Å². The summed E-state index contributed by atoms with van der Waals surface area (Å²) in [7, 11) is -1.84. The van der Waals surface area contributed by atoms with Gasteiger partial charge in [0.25, 0.3) is 10.2 Å². The molecule has 0 radical (unpaired) electrons. The molecule has 2 saturated heterocycles. The third kappa shape index (κ3) is 3.52. The Kier molecular flexibility index (Phi) is 5.30. The van der Waals surface area contributed by atoms with Crippen LogP contribution in [0.5, 0.6) is 0 Å². The van der Waals surface area contributed by atoms with Crippen molar-refractivity contribution in [2.24, 2.45) is 0 Å². The van der Waals surface area contributed by atoms with Crippen LogP contribution in [0.3, 0.4) is 0 Å². The summed E-state index contributed by atoms with van der Waals surface area (Å²) < 4.78 is 39.8. The van der Waals surface area contributed by atoms with E-state index in [1.165, 1.54) is 8.61 Å². The van der Waals surface area contributed by atoms with Gasteiger partial charge >= 0.3 is 0 Å². The second-order valence-corrected chi connectivity index (χ2v) is 7.60. The van der Waals surface area contributed by atoms with Crippen LogP contribution in [-0.4, -0.2) is 80.1 Å². The van der Waals surface area contributed by atoms with Crippen molar-refractivity contribution in [3.63, 3.8) is 0 Å². The minimum Gasteiger partial charge on any atom is -0.379 e. The lowest BCUT2D eigenvalue weighted by Gasteiger charge is -2.38. The number of ether oxygens (including phenoxy) is 2. The summed E-state index contributed by atoms with van der Waals surface area (Å²) in [6.45, 7) is 4.32. The third-order valence-corrected chi connectivity index (χ3v) is 6.15. The fraction of sp³-hybridized carbons (Fsp3) is 0.714. The number of rotatable bonds is 4. The van der Waals surface area contributed by atoms with Crippen molar-refractivity contribution in [2.75, 3.05) is 58.4 Å². The Morgan fingerprint density at radius 3 is 2.58 bits per heavy atom. The van der Waals surface area contributed by atoms with E-state index in [1.54, 1.807) is 7.05 Å². The van der Waals surface area contributed by atoms with Gasteiger partial charge in [-0.3, -0.25) is 0 Å². The highest BCUT2D eigenvalue weighted by atomic mass is 32.2. The first-order valence-corrected chi connectivity index (χ1v) is 9.38. The van der Waals surface area contributed by atoms with Crippen molar-refractivity contribution in [2.45, 2.75) is 13.0 Å². The van der Waals surface area contributed by atoms with Crippen LogP contribution in [0.2, 0.25) is 0 Å². The molecule has 1 aromatic heterocycles. The van der Waals surface area contributed by atoms with Crippen LogP contribution < -0.4 is 5.32 Å². The number of nitrogens with one attached hydrogen (secondary N) is 1. The molecule has 2 aliphatic rings. The Morgan fingerprint density at radius 2 is 1.88 bits per heavy atom. The maximum atomic E-state index is 13.0. The summed E-state index contributed by atoms with van der Waals surface area (Å²) >= 11 is 0. The lowest BCUT2D eigenvalue weighted by atomic mass is 10.2. The van der Waals surface area contributed by atoms with E-state index in [1.807, 2.05) is 13.0 Å². The zero-order valence-electron chi connectivity index (χ0n) is 13.9. The Bertz CT molecular complexity index is 678. The van der Waals surface area contributed by atoms with E-state index in [-0.39, 0.29) is 13.2 Å². The fourth-order valence-electron chi connectivity index (χ4n) is 2.86. The summed E-state index contributed by atoms with van der Waals surface area (Å²) in [5, 5.41) is 2.98. The number of nitrogens with zero attached hydrogens (tertiary/aromatic N) is 4. The quantitative estimate of drug-likeness (QED) is 0.795. The molecule has 0 spiro atoms. The van der Waals surface area contributed by atoms with Crippen molar-refractivity contribution in [3.05, 3.63) is 17.6 Å². The summed E-state index contributed by atoms with van der Waals surface area (Å²) in [6, 6.07) is 1.28. The molecule has 0 unspecified atom stereocenters. The molecular formula is C14H23N5O4S. The van der Waals surface area contributed by atoms with Crippen LogP contribution >= 0.6 is 0 Å². The van der Waals surface area contributed by atoms with Gasteiger partial charge in [-0.05, 0) is 6.92 Å². The van der Waals surface area contributed by atoms with Crippen LogP contribution in [0.25, 0.3) is 0 Å².